The summed E-state index contributed by atoms with van der Waals surface area (Å²) in [5.41, 5.74) is 2.08. The Bertz CT molecular complexity index is 201. The van der Waals surface area contributed by atoms with E-state index in [1.807, 2.05) is 0 Å². The Kier molecular flexibility index (Phi) is 3.18. The minimum Gasteiger partial charge on any atom is -0.309 e. The van der Waals surface area contributed by atoms with Crippen molar-refractivity contribution in [2.24, 2.45) is 11.3 Å². The minimum absolute atomic E-state index is 0.489. The average Bonchev–Trinajstić information content (AvgIpc) is 1.96. The van der Waals surface area contributed by atoms with Crippen LogP contribution in [0.3, 0.4) is 0 Å². The molecule has 0 fully saturated rings. The zero-order chi connectivity index (χ0) is 10.1. The highest BCUT2D eigenvalue weighted by atomic mass is 15.1. The summed E-state index contributed by atoms with van der Waals surface area (Å²) in [6.45, 7) is 8.28. The van der Waals surface area contributed by atoms with E-state index in [2.05, 4.69) is 45.8 Å². The van der Waals surface area contributed by atoms with Crippen molar-refractivity contribution in [1.29, 1.82) is 0 Å². The molecule has 1 rings (SSSR count). The van der Waals surface area contributed by atoms with Crippen molar-refractivity contribution in [3.05, 3.63) is 11.6 Å². The molecule has 0 spiro atoms. The van der Waals surface area contributed by atoms with Crippen molar-refractivity contribution < 1.29 is 0 Å². The first-order valence-electron chi connectivity index (χ1n) is 5.25. The van der Waals surface area contributed by atoms with E-state index >= 15 is 0 Å². The molecule has 1 aliphatic rings. The van der Waals surface area contributed by atoms with Gasteiger partial charge in [0.1, 0.15) is 0 Å². The third kappa shape index (κ3) is 2.57. The fraction of sp³-hybridized carbons (Fsp3) is 0.833. The van der Waals surface area contributed by atoms with Crippen LogP contribution in [0.5, 0.6) is 0 Å². The molecule has 1 aliphatic carbocycles. The Balaban J connectivity index is 2.75. The van der Waals surface area contributed by atoms with Gasteiger partial charge in [0.05, 0.1) is 0 Å². The Morgan fingerprint density at radius 3 is 2.54 bits per heavy atom. The van der Waals surface area contributed by atoms with Crippen LogP contribution < -0.4 is 0 Å². The maximum absolute atomic E-state index is 2.42. The van der Waals surface area contributed by atoms with E-state index in [0.29, 0.717) is 5.41 Å². The van der Waals surface area contributed by atoms with E-state index in [1.54, 1.807) is 5.57 Å². The lowest BCUT2D eigenvalue weighted by molar-refractivity contribution is 0.173. The standard InChI is InChI=1S/C12H23N/c1-10-7-6-8-12(2,3)11(10)9-13(4)5/h7,11H,6,8-9H2,1-5H3. The van der Waals surface area contributed by atoms with Gasteiger partial charge in [-0.2, -0.15) is 0 Å². The summed E-state index contributed by atoms with van der Waals surface area (Å²) in [6.07, 6.45) is 5.02. The van der Waals surface area contributed by atoms with Gasteiger partial charge >= 0.3 is 0 Å². The van der Waals surface area contributed by atoms with Gasteiger partial charge in [0.2, 0.25) is 0 Å². The number of rotatable bonds is 2. The van der Waals surface area contributed by atoms with Crippen LogP contribution in [0.4, 0.5) is 0 Å². The predicted molar refractivity (Wildman–Crippen MR) is 58.8 cm³/mol. The van der Waals surface area contributed by atoms with Crippen molar-refractivity contribution in [2.75, 3.05) is 20.6 Å². The predicted octanol–water partition coefficient (Wildman–Crippen LogP) is 2.93. The lowest BCUT2D eigenvalue weighted by Gasteiger charge is -2.39. The summed E-state index contributed by atoms with van der Waals surface area (Å²) in [7, 11) is 4.33. The van der Waals surface area contributed by atoms with E-state index in [0.717, 1.165) is 5.92 Å². The van der Waals surface area contributed by atoms with E-state index < -0.39 is 0 Å². The van der Waals surface area contributed by atoms with Crippen molar-refractivity contribution in [2.45, 2.75) is 33.6 Å². The third-order valence-electron chi connectivity index (χ3n) is 3.30. The fourth-order valence-electron chi connectivity index (χ4n) is 2.36. The molecule has 0 saturated carbocycles. The maximum atomic E-state index is 2.42. The van der Waals surface area contributed by atoms with Gasteiger partial charge in [0, 0.05) is 6.54 Å². The molecule has 1 nitrogen and oxygen atoms in total. The molecule has 1 unspecified atom stereocenters. The monoisotopic (exact) mass is 181 g/mol. The highest BCUT2D eigenvalue weighted by Gasteiger charge is 2.32. The first-order valence-corrected chi connectivity index (χ1v) is 5.25. The first kappa shape index (κ1) is 10.8. The van der Waals surface area contributed by atoms with Crippen LogP contribution in [0.25, 0.3) is 0 Å². The number of hydrogen-bond acceptors (Lipinski definition) is 1. The van der Waals surface area contributed by atoms with Crippen LogP contribution in [-0.4, -0.2) is 25.5 Å². The largest absolute Gasteiger partial charge is 0.309 e. The molecule has 0 aromatic rings. The summed E-state index contributed by atoms with van der Waals surface area (Å²) in [5, 5.41) is 0. The van der Waals surface area contributed by atoms with Crippen LogP contribution in [0.15, 0.2) is 11.6 Å². The molecule has 0 heterocycles. The maximum Gasteiger partial charge on any atom is 0.00459 e. The van der Waals surface area contributed by atoms with E-state index in [-0.39, 0.29) is 0 Å². The molecule has 0 saturated heterocycles. The normalized spacial score (nSPS) is 27.5. The average molecular weight is 181 g/mol. The number of allylic oxidation sites excluding steroid dienone is 1. The van der Waals surface area contributed by atoms with E-state index in [4.69, 9.17) is 0 Å². The molecule has 1 heteroatoms. The zero-order valence-electron chi connectivity index (χ0n) is 9.72. The second kappa shape index (κ2) is 3.83. The van der Waals surface area contributed by atoms with Crippen molar-refractivity contribution >= 4 is 0 Å². The van der Waals surface area contributed by atoms with Crippen molar-refractivity contribution in [3.63, 3.8) is 0 Å². The van der Waals surface area contributed by atoms with Gasteiger partial charge in [0.15, 0.2) is 0 Å². The molecule has 0 aliphatic heterocycles. The molecule has 0 bridgehead atoms. The number of nitrogens with zero attached hydrogens (tertiary/aromatic N) is 1. The van der Waals surface area contributed by atoms with Gasteiger partial charge in [-0.1, -0.05) is 25.5 Å². The molecular formula is C12H23N. The van der Waals surface area contributed by atoms with E-state index in [9.17, 15) is 0 Å². The zero-order valence-corrected chi connectivity index (χ0v) is 9.72. The van der Waals surface area contributed by atoms with E-state index in [1.165, 1.54) is 19.4 Å². The topological polar surface area (TPSA) is 3.24 Å². The van der Waals surface area contributed by atoms with Gasteiger partial charge in [-0.15, -0.1) is 0 Å². The van der Waals surface area contributed by atoms with Crippen LogP contribution in [0, 0.1) is 11.3 Å². The molecule has 0 amide bonds. The van der Waals surface area contributed by atoms with Gasteiger partial charge in [0.25, 0.3) is 0 Å². The third-order valence-corrected chi connectivity index (χ3v) is 3.30. The molecular weight excluding hydrogens is 158 g/mol. The van der Waals surface area contributed by atoms with Crippen LogP contribution in [0.1, 0.15) is 33.6 Å². The van der Waals surface area contributed by atoms with Crippen LogP contribution in [0.2, 0.25) is 0 Å². The molecule has 13 heavy (non-hydrogen) atoms. The highest BCUT2D eigenvalue weighted by molar-refractivity contribution is 5.12. The van der Waals surface area contributed by atoms with Crippen molar-refractivity contribution in [3.8, 4) is 0 Å². The Labute approximate surface area is 82.8 Å². The molecule has 0 aromatic carbocycles. The Morgan fingerprint density at radius 2 is 2.08 bits per heavy atom. The summed E-state index contributed by atoms with van der Waals surface area (Å²) in [5.74, 6) is 0.747. The summed E-state index contributed by atoms with van der Waals surface area (Å²) in [6, 6.07) is 0. The fourth-order valence-corrected chi connectivity index (χ4v) is 2.36. The Hall–Kier alpha value is -0.300. The van der Waals surface area contributed by atoms with Gasteiger partial charge in [-0.05, 0) is 45.2 Å². The van der Waals surface area contributed by atoms with Gasteiger partial charge < -0.3 is 4.90 Å². The summed E-state index contributed by atoms with van der Waals surface area (Å²) in [4.78, 5) is 2.30. The molecule has 0 aromatic heterocycles. The quantitative estimate of drug-likeness (QED) is 0.592. The highest BCUT2D eigenvalue weighted by Crippen LogP contribution is 2.40. The summed E-state index contributed by atoms with van der Waals surface area (Å²) >= 11 is 0. The lowest BCUT2D eigenvalue weighted by atomic mass is 9.68. The Morgan fingerprint density at radius 1 is 1.46 bits per heavy atom. The molecule has 0 N–H and O–H groups in total. The first-order chi connectivity index (χ1) is 5.93. The van der Waals surface area contributed by atoms with Crippen LogP contribution in [-0.2, 0) is 0 Å². The smallest absolute Gasteiger partial charge is 0.00459 e. The van der Waals surface area contributed by atoms with Gasteiger partial charge in [-0.25, -0.2) is 0 Å². The van der Waals surface area contributed by atoms with Crippen molar-refractivity contribution in [1.82, 2.24) is 4.90 Å². The second-order valence-electron chi connectivity index (χ2n) is 5.29. The second-order valence-corrected chi connectivity index (χ2v) is 5.29. The molecule has 76 valence electrons. The number of hydrogen-bond donors (Lipinski definition) is 0. The summed E-state index contributed by atoms with van der Waals surface area (Å²) < 4.78 is 0. The SMILES string of the molecule is CC1=CCCC(C)(C)C1CN(C)C. The minimum atomic E-state index is 0.489. The lowest BCUT2D eigenvalue weighted by Crippen LogP contribution is -2.35. The van der Waals surface area contributed by atoms with Crippen LogP contribution >= 0.6 is 0 Å². The molecule has 0 radical (unpaired) electrons. The van der Waals surface area contributed by atoms with Gasteiger partial charge in [-0.3, -0.25) is 0 Å². The molecule has 1 atom stereocenters.